The van der Waals surface area contributed by atoms with Crippen LogP contribution in [0, 0.1) is 20.8 Å². The number of carbonyl (C=O) groups excluding carboxylic acids is 1. The Morgan fingerprint density at radius 2 is 1.59 bits per heavy atom. The van der Waals surface area contributed by atoms with Gasteiger partial charge in [-0.1, -0.05) is 35.9 Å². The summed E-state index contributed by atoms with van der Waals surface area (Å²) in [6.45, 7) is 5.52. The van der Waals surface area contributed by atoms with Crippen LogP contribution in [0.15, 0.2) is 69.9 Å². The molecule has 0 spiro atoms. The molecular weight excluding hydrogens is 404 g/mol. The minimum absolute atomic E-state index is 0.0372. The molecule has 0 fully saturated rings. The predicted molar refractivity (Wildman–Crippen MR) is 125 cm³/mol. The first-order valence-electron chi connectivity index (χ1n) is 10.3. The highest BCUT2D eigenvalue weighted by Gasteiger charge is 2.20. The van der Waals surface area contributed by atoms with Crippen LogP contribution in [0.3, 0.4) is 0 Å². The topological polar surface area (TPSA) is 65.7 Å². The Morgan fingerprint density at radius 1 is 0.906 bits per heavy atom. The molecule has 162 valence electrons. The summed E-state index contributed by atoms with van der Waals surface area (Å²) in [4.78, 5) is 26.1. The fourth-order valence-corrected chi connectivity index (χ4v) is 3.70. The number of hydrogen-bond acceptors (Lipinski definition) is 5. The van der Waals surface area contributed by atoms with E-state index in [4.69, 9.17) is 13.9 Å². The first kappa shape index (κ1) is 21.4. The number of aryl methyl sites for hydroxylation is 3. The lowest BCUT2D eigenvalue weighted by Gasteiger charge is -2.13. The Morgan fingerprint density at radius 3 is 2.25 bits per heavy atom. The summed E-state index contributed by atoms with van der Waals surface area (Å²) in [6, 6.07) is 18.1. The van der Waals surface area contributed by atoms with Gasteiger partial charge in [0.05, 0.1) is 12.5 Å². The number of benzene rings is 3. The molecule has 0 N–H and O–H groups in total. The summed E-state index contributed by atoms with van der Waals surface area (Å²) in [5.41, 5.74) is 4.27. The summed E-state index contributed by atoms with van der Waals surface area (Å²) < 4.78 is 17.1. The van der Waals surface area contributed by atoms with Gasteiger partial charge in [0.2, 0.25) is 11.2 Å². The van der Waals surface area contributed by atoms with Gasteiger partial charge in [0.25, 0.3) is 0 Å². The first-order chi connectivity index (χ1) is 15.4. The fraction of sp³-hybridized carbons (Fsp3) is 0.185. The quantitative estimate of drug-likeness (QED) is 0.371. The number of Topliss-reactive ketones (excluding diaryl/α,β-unsaturated/α-hetero) is 1. The number of rotatable bonds is 6. The first-order valence-corrected chi connectivity index (χ1v) is 10.3. The van der Waals surface area contributed by atoms with E-state index in [2.05, 4.69) is 0 Å². The van der Waals surface area contributed by atoms with Crippen molar-refractivity contribution < 1.29 is 18.7 Å². The zero-order valence-electron chi connectivity index (χ0n) is 18.5. The van der Waals surface area contributed by atoms with Gasteiger partial charge in [-0.05, 0) is 62.2 Å². The number of methoxy groups -OCH3 is 1. The van der Waals surface area contributed by atoms with E-state index < -0.39 is 0 Å². The minimum atomic E-state index is -0.290. The van der Waals surface area contributed by atoms with Crippen LogP contribution >= 0.6 is 0 Å². The maximum atomic E-state index is 13.4. The normalized spacial score (nSPS) is 10.9. The molecule has 0 amide bonds. The van der Waals surface area contributed by atoms with E-state index in [1.165, 1.54) is 0 Å². The number of hydrogen-bond donors (Lipinski definition) is 0. The van der Waals surface area contributed by atoms with Crippen molar-refractivity contribution in [1.82, 2.24) is 0 Å². The molecule has 0 atom stereocenters. The molecule has 0 saturated heterocycles. The van der Waals surface area contributed by atoms with E-state index in [1.807, 2.05) is 57.2 Å². The molecular formula is C27H24O5. The third-order valence-corrected chi connectivity index (χ3v) is 5.37. The highest BCUT2D eigenvalue weighted by molar-refractivity contribution is 5.97. The largest absolute Gasteiger partial charge is 0.497 e. The van der Waals surface area contributed by atoms with E-state index >= 15 is 0 Å². The highest BCUT2D eigenvalue weighted by atomic mass is 16.5. The van der Waals surface area contributed by atoms with Crippen molar-refractivity contribution >= 4 is 16.8 Å². The molecule has 0 bridgehead atoms. The third-order valence-electron chi connectivity index (χ3n) is 5.37. The van der Waals surface area contributed by atoms with Crippen LogP contribution in [0.1, 0.15) is 27.0 Å². The van der Waals surface area contributed by atoms with E-state index in [-0.39, 0.29) is 23.6 Å². The van der Waals surface area contributed by atoms with Gasteiger partial charge in [-0.15, -0.1) is 0 Å². The lowest BCUT2D eigenvalue weighted by molar-refractivity contribution is 0.0920. The molecule has 32 heavy (non-hydrogen) atoms. The van der Waals surface area contributed by atoms with Gasteiger partial charge in [-0.3, -0.25) is 9.59 Å². The summed E-state index contributed by atoms with van der Waals surface area (Å²) in [7, 11) is 1.56. The monoisotopic (exact) mass is 428 g/mol. The molecule has 0 aliphatic heterocycles. The number of fused-ring (bicyclic) bond motifs is 1. The number of carbonyl (C=O) groups is 1. The van der Waals surface area contributed by atoms with Crippen LogP contribution in [0.4, 0.5) is 0 Å². The van der Waals surface area contributed by atoms with Gasteiger partial charge in [0.1, 0.15) is 11.3 Å². The van der Waals surface area contributed by atoms with Crippen LogP contribution in [0.2, 0.25) is 0 Å². The van der Waals surface area contributed by atoms with Crippen LogP contribution < -0.4 is 14.9 Å². The van der Waals surface area contributed by atoms with Crippen molar-refractivity contribution in [2.24, 2.45) is 0 Å². The van der Waals surface area contributed by atoms with Crippen molar-refractivity contribution in [2.45, 2.75) is 20.8 Å². The van der Waals surface area contributed by atoms with Crippen molar-refractivity contribution in [3.8, 4) is 22.8 Å². The second-order valence-electron chi connectivity index (χ2n) is 7.85. The average Bonchev–Trinajstić information content (AvgIpc) is 2.78. The van der Waals surface area contributed by atoms with Gasteiger partial charge < -0.3 is 13.9 Å². The molecule has 0 aliphatic carbocycles. The lowest BCUT2D eigenvalue weighted by Crippen LogP contribution is -2.17. The van der Waals surface area contributed by atoms with Crippen molar-refractivity contribution in [3.63, 3.8) is 0 Å². The van der Waals surface area contributed by atoms with Gasteiger partial charge >= 0.3 is 0 Å². The fourth-order valence-electron chi connectivity index (χ4n) is 3.70. The summed E-state index contributed by atoms with van der Waals surface area (Å²) in [6.07, 6.45) is 0. The second-order valence-corrected chi connectivity index (χ2v) is 7.85. The van der Waals surface area contributed by atoms with E-state index in [9.17, 15) is 9.59 Å². The Balaban J connectivity index is 1.78. The van der Waals surface area contributed by atoms with Gasteiger partial charge in [0, 0.05) is 11.1 Å². The Labute approximate surface area is 186 Å². The van der Waals surface area contributed by atoms with Gasteiger partial charge in [0.15, 0.2) is 18.2 Å². The maximum absolute atomic E-state index is 13.4. The van der Waals surface area contributed by atoms with Gasteiger partial charge in [-0.25, -0.2) is 0 Å². The molecule has 0 saturated carbocycles. The number of ether oxygens (including phenoxy) is 2. The lowest BCUT2D eigenvalue weighted by atomic mass is 10.0. The van der Waals surface area contributed by atoms with Crippen LogP contribution in [0.5, 0.6) is 11.5 Å². The standard InChI is InChI=1S/C27H24O5/c1-16-5-7-20(8-6-16)26-27(25(29)24-18(3)13-17(2)14-23(24)32-26)31-15-22(28)19-9-11-21(30-4)12-10-19/h5-14H,15H2,1-4H3. The molecule has 0 radical (unpaired) electrons. The molecule has 3 aromatic carbocycles. The smallest absolute Gasteiger partial charge is 0.235 e. The Hall–Kier alpha value is -3.86. The zero-order chi connectivity index (χ0) is 22.8. The summed E-state index contributed by atoms with van der Waals surface area (Å²) in [5.74, 6) is 0.762. The molecule has 1 aromatic heterocycles. The molecule has 0 unspecified atom stereocenters. The average molecular weight is 428 g/mol. The third kappa shape index (κ3) is 4.14. The summed E-state index contributed by atoms with van der Waals surface area (Å²) in [5, 5.41) is 0.457. The predicted octanol–water partition coefficient (Wildman–Crippen LogP) is 5.66. The van der Waals surface area contributed by atoms with Crippen molar-refractivity contribution in [1.29, 1.82) is 0 Å². The van der Waals surface area contributed by atoms with Crippen LogP contribution in [-0.2, 0) is 0 Å². The highest BCUT2D eigenvalue weighted by Crippen LogP contribution is 2.32. The Bertz CT molecular complexity index is 1350. The van der Waals surface area contributed by atoms with E-state index in [1.54, 1.807) is 31.4 Å². The second kappa shape index (κ2) is 8.71. The zero-order valence-corrected chi connectivity index (χ0v) is 18.5. The van der Waals surface area contributed by atoms with E-state index in [0.717, 1.165) is 16.7 Å². The molecule has 4 rings (SSSR count). The van der Waals surface area contributed by atoms with Crippen LogP contribution in [-0.4, -0.2) is 19.5 Å². The molecule has 5 nitrogen and oxygen atoms in total. The van der Waals surface area contributed by atoms with Gasteiger partial charge in [-0.2, -0.15) is 0 Å². The minimum Gasteiger partial charge on any atom is -0.497 e. The Kier molecular flexibility index (Phi) is 5.82. The van der Waals surface area contributed by atoms with E-state index in [0.29, 0.717) is 33.6 Å². The molecule has 0 aliphatic rings. The van der Waals surface area contributed by atoms with Crippen molar-refractivity contribution in [3.05, 3.63) is 93.1 Å². The van der Waals surface area contributed by atoms with Crippen LogP contribution in [0.25, 0.3) is 22.3 Å². The molecule has 1 heterocycles. The number of ketones is 1. The van der Waals surface area contributed by atoms with Crippen molar-refractivity contribution in [2.75, 3.05) is 13.7 Å². The maximum Gasteiger partial charge on any atom is 0.235 e. The SMILES string of the molecule is COc1ccc(C(=O)COc2c(-c3ccc(C)cc3)oc3cc(C)cc(C)c3c2=O)cc1. The summed E-state index contributed by atoms with van der Waals surface area (Å²) >= 11 is 0. The molecule has 5 heteroatoms. The molecule has 4 aromatic rings.